The molecule has 0 aromatic rings. The Bertz CT molecular complexity index is 293. The number of aliphatic hydroxyl groups is 2. The largest absolute Gasteiger partial charge is 0.478 e. The molecule has 1 saturated carbocycles. The summed E-state index contributed by atoms with van der Waals surface area (Å²) < 4.78 is 4.14. The second kappa shape index (κ2) is 14.7. The molecule has 0 radical (unpaired) electrons. The number of carboxylic acids is 1. The molecule has 6 heteroatoms. The molecule has 1 fully saturated rings. The molecular weight excluding hydrogens is 276 g/mol. The lowest BCUT2D eigenvalue weighted by molar-refractivity contribution is -0.135. The van der Waals surface area contributed by atoms with Gasteiger partial charge in [-0.1, -0.05) is 13.2 Å². The van der Waals surface area contributed by atoms with Crippen LogP contribution in [0.5, 0.6) is 0 Å². The molecule has 0 atom stereocenters. The van der Waals surface area contributed by atoms with E-state index in [-0.39, 0.29) is 0 Å². The molecular formula is C15H26O6. The molecule has 0 saturated heterocycles. The van der Waals surface area contributed by atoms with Gasteiger partial charge in [0.15, 0.2) is 0 Å². The smallest absolute Gasteiger partial charge is 0.329 e. The zero-order valence-electron chi connectivity index (χ0n) is 12.5. The summed E-state index contributed by atoms with van der Waals surface area (Å²) in [5, 5.41) is 25.2. The summed E-state index contributed by atoms with van der Waals surface area (Å²) in [4.78, 5) is 19.1. The maximum Gasteiger partial charge on any atom is 0.329 e. The first-order valence-corrected chi connectivity index (χ1v) is 6.72. The van der Waals surface area contributed by atoms with Crippen molar-refractivity contribution in [2.45, 2.75) is 25.7 Å². The van der Waals surface area contributed by atoms with Crippen molar-refractivity contribution in [1.29, 1.82) is 0 Å². The molecule has 6 nitrogen and oxygen atoms in total. The molecule has 0 aromatic carbocycles. The monoisotopic (exact) mass is 302 g/mol. The van der Waals surface area contributed by atoms with Crippen molar-refractivity contribution in [3.05, 3.63) is 25.3 Å². The van der Waals surface area contributed by atoms with E-state index in [0.29, 0.717) is 25.0 Å². The molecule has 1 aliphatic rings. The summed E-state index contributed by atoms with van der Waals surface area (Å²) in [5.41, 5.74) is 0. The van der Waals surface area contributed by atoms with Crippen LogP contribution in [0.3, 0.4) is 0 Å². The van der Waals surface area contributed by atoms with E-state index < -0.39 is 11.9 Å². The number of aliphatic hydroxyl groups excluding tert-OH is 2. The molecule has 0 heterocycles. The van der Waals surface area contributed by atoms with Gasteiger partial charge >= 0.3 is 11.9 Å². The maximum atomic E-state index is 9.84. The summed E-state index contributed by atoms with van der Waals surface area (Å²) in [7, 11) is 1.31. The van der Waals surface area contributed by atoms with Crippen LogP contribution in [0.4, 0.5) is 0 Å². The molecule has 122 valence electrons. The number of carbonyl (C=O) groups is 2. The highest BCUT2D eigenvalue weighted by molar-refractivity contribution is 5.80. The van der Waals surface area contributed by atoms with Crippen molar-refractivity contribution >= 4 is 11.9 Å². The second-order valence-electron chi connectivity index (χ2n) is 4.52. The van der Waals surface area contributed by atoms with Gasteiger partial charge in [0.2, 0.25) is 0 Å². The van der Waals surface area contributed by atoms with Gasteiger partial charge in [0, 0.05) is 25.4 Å². The zero-order valence-corrected chi connectivity index (χ0v) is 12.5. The van der Waals surface area contributed by atoms with Crippen molar-refractivity contribution < 1.29 is 29.6 Å². The van der Waals surface area contributed by atoms with E-state index in [4.69, 9.17) is 15.3 Å². The summed E-state index contributed by atoms with van der Waals surface area (Å²) in [6, 6.07) is 0. The van der Waals surface area contributed by atoms with E-state index in [1.54, 1.807) is 0 Å². The van der Waals surface area contributed by atoms with Crippen molar-refractivity contribution in [1.82, 2.24) is 0 Å². The highest BCUT2D eigenvalue weighted by Gasteiger charge is 2.19. The van der Waals surface area contributed by atoms with E-state index in [1.165, 1.54) is 7.11 Å². The standard InChI is InChI=1S/C8H16O2.C4H6O2.C3H4O2/c9-5-7-1-2-8(6-10)4-3-7;1-3-4(5)6-2;1-2-3(4)5/h7-10H,1-6H2;3H,1H2,2H3;2H,1H2,(H,4,5). The SMILES string of the molecule is C=CC(=O)O.C=CC(=O)OC.OCC1CCC(CO)CC1. The summed E-state index contributed by atoms with van der Waals surface area (Å²) in [6.07, 6.45) is 6.34. The van der Waals surface area contributed by atoms with Gasteiger partial charge in [-0.25, -0.2) is 9.59 Å². The van der Waals surface area contributed by atoms with E-state index >= 15 is 0 Å². The van der Waals surface area contributed by atoms with Crippen LogP contribution in [0.15, 0.2) is 25.3 Å². The average Bonchev–Trinajstić information content (AvgIpc) is 2.55. The fraction of sp³-hybridized carbons (Fsp3) is 0.600. The number of ether oxygens (including phenoxy) is 1. The number of hydrogen-bond acceptors (Lipinski definition) is 5. The molecule has 0 aromatic heterocycles. The van der Waals surface area contributed by atoms with Crippen molar-refractivity contribution in [3.63, 3.8) is 0 Å². The highest BCUT2D eigenvalue weighted by Crippen LogP contribution is 2.27. The zero-order chi connectivity index (χ0) is 16.7. The third-order valence-corrected chi connectivity index (χ3v) is 3.03. The van der Waals surface area contributed by atoms with Crippen molar-refractivity contribution in [2.24, 2.45) is 11.8 Å². The minimum absolute atomic E-state index is 0.331. The molecule has 0 amide bonds. The minimum Gasteiger partial charge on any atom is -0.478 e. The average molecular weight is 302 g/mol. The van der Waals surface area contributed by atoms with E-state index in [2.05, 4.69) is 17.9 Å². The number of rotatable bonds is 4. The summed E-state index contributed by atoms with van der Waals surface area (Å²) >= 11 is 0. The normalized spacial score (nSPS) is 19.8. The fourth-order valence-corrected chi connectivity index (χ4v) is 1.68. The molecule has 1 aliphatic carbocycles. The van der Waals surface area contributed by atoms with Crippen LogP contribution in [0.1, 0.15) is 25.7 Å². The molecule has 21 heavy (non-hydrogen) atoms. The predicted octanol–water partition coefficient (Wildman–Crippen LogP) is 1.38. The highest BCUT2D eigenvalue weighted by atomic mass is 16.5. The first kappa shape index (κ1) is 21.6. The first-order valence-electron chi connectivity index (χ1n) is 6.72. The Morgan fingerprint density at radius 1 is 1.05 bits per heavy atom. The maximum absolute atomic E-state index is 9.84. The third kappa shape index (κ3) is 14.6. The number of esters is 1. The van der Waals surface area contributed by atoms with Gasteiger partial charge in [0.05, 0.1) is 7.11 Å². The Morgan fingerprint density at radius 3 is 1.48 bits per heavy atom. The van der Waals surface area contributed by atoms with Gasteiger partial charge in [-0.15, -0.1) is 0 Å². The Balaban J connectivity index is 0. The lowest BCUT2D eigenvalue weighted by atomic mass is 9.83. The number of aliphatic carboxylic acids is 1. The van der Waals surface area contributed by atoms with Crippen LogP contribution < -0.4 is 0 Å². The van der Waals surface area contributed by atoms with E-state index in [0.717, 1.165) is 37.8 Å². The second-order valence-corrected chi connectivity index (χ2v) is 4.52. The molecule has 0 unspecified atom stereocenters. The van der Waals surface area contributed by atoms with Crippen LogP contribution in [0.2, 0.25) is 0 Å². The van der Waals surface area contributed by atoms with Gasteiger partial charge in [-0.3, -0.25) is 0 Å². The number of hydrogen-bond donors (Lipinski definition) is 3. The number of methoxy groups -OCH3 is 1. The van der Waals surface area contributed by atoms with E-state index in [9.17, 15) is 9.59 Å². The first-order chi connectivity index (χ1) is 9.94. The Labute approximate surface area is 125 Å². The molecule has 0 spiro atoms. The Kier molecular flexibility index (Phi) is 15.2. The van der Waals surface area contributed by atoms with Crippen LogP contribution in [-0.4, -0.2) is 47.6 Å². The van der Waals surface area contributed by atoms with Gasteiger partial charge in [0.1, 0.15) is 0 Å². The van der Waals surface area contributed by atoms with Crippen LogP contribution in [-0.2, 0) is 14.3 Å². The van der Waals surface area contributed by atoms with Gasteiger partial charge in [0.25, 0.3) is 0 Å². The lowest BCUT2D eigenvalue weighted by Crippen LogP contribution is -2.19. The Hall–Kier alpha value is -1.66. The van der Waals surface area contributed by atoms with Gasteiger partial charge < -0.3 is 20.1 Å². The topological polar surface area (TPSA) is 104 Å². The van der Waals surface area contributed by atoms with Gasteiger partial charge in [-0.2, -0.15) is 0 Å². The van der Waals surface area contributed by atoms with Gasteiger partial charge in [-0.05, 0) is 37.5 Å². The van der Waals surface area contributed by atoms with Crippen molar-refractivity contribution in [2.75, 3.05) is 20.3 Å². The third-order valence-electron chi connectivity index (χ3n) is 3.03. The number of carboxylic acid groups (broad SMARTS) is 1. The van der Waals surface area contributed by atoms with Crippen molar-refractivity contribution in [3.8, 4) is 0 Å². The number of carbonyl (C=O) groups excluding carboxylic acids is 1. The Morgan fingerprint density at radius 2 is 1.38 bits per heavy atom. The molecule has 3 N–H and O–H groups in total. The van der Waals surface area contributed by atoms with E-state index in [1.807, 2.05) is 0 Å². The van der Waals surface area contributed by atoms with Crippen LogP contribution in [0.25, 0.3) is 0 Å². The fourth-order valence-electron chi connectivity index (χ4n) is 1.68. The summed E-state index contributed by atoms with van der Waals surface area (Å²) in [6.45, 7) is 6.78. The minimum atomic E-state index is -0.981. The van der Waals surface area contributed by atoms with Crippen LogP contribution >= 0.6 is 0 Å². The molecule has 1 rings (SSSR count). The lowest BCUT2D eigenvalue weighted by Gasteiger charge is -2.25. The predicted molar refractivity (Wildman–Crippen MR) is 79.7 cm³/mol. The molecule has 0 aliphatic heterocycles. The summed E-state index contributed by atoms with van der Waals surface area (Å²) in [5.74, 6) is -0.342. The van der Waals surface area contributed by atoms with Crippen LogP contribution in [0, 0.1) is 11.8 Å². The molecule has 0 bridgehead atoms. The quantitative estimate of drug-likeness (QED) is 0.535.